The topological polar surface area (TPSA) is 64.3 Å². The molecule has 0 unspecified atom stereocenters. The standard InChI is InChI=1S/C16H23FN2O2.ClH/c1-21-14-6-4-12(10-13(14)17)5-7-15(20)19-16(11-18)8-2-3-9-16;/h4,6,10H,2-3,5,7-9,11,18H2,1H3,(H,19,20);1H. The van der Waals surface area contributed by atoms with E-state index in [9.17, 15) is 9.18 Å². The van der Waals surface area contributed by atoms with E-state index < -0.39 is 5.82 Å². The van der Waals surface area contributed by atoms with Crippen molar-refractivity contribution in [1.82, 2.24) is 5.32 Å². The normalized spacial score (nSPS) is 16.0. The van der Waals surface area contributed by atoms with Crippen LogP contribution in [0, 0.1) is 5.82 Å². The Labute approximate surface area is 137 Å². The van der Waals surface area contributed by atoms with Crippen molar-refractivity contribution in [1.29, 1.82) is 0 Å². The van der Waals surface area contributed by atoms with E-state index in [0.717, 1.165) is 31.2 Å². The molecule has 0 heterocycles. The summed E-state index contributed by atoms with van der Waals surface area (Å²) in [6.07, 6.45) is 4.97. The molecule has 0 spiro atoms. The van der Waals surface area contributed by atoms with E-state index in [4.69, 9.17) is 10.5 Å². The van der Waals surface area contributed by atoms with Gasteiger partial charge >= 0.3 is 0 Å². The smallest absolute Gasteiger partial charge is 0.220 e. The predicted octanol–water partition coefficient (Wildman–Crippen LogP) is 2.58. The largest absolute Gasteiger partial charge is 0.494 e. The molecule has 1 fully saturated rings. The molecular formula is C16H24ClFN2O2. The summed E-state index contributed by atoms with van der Waals surface area (Å²) in [6.45, 7) is 0.482. The van der Waals surface area contributed by atoms with E-state index in [0.29, 0.717) is 19.4 Å². The zero-order chi connectivity index (χ0) is 15.3. The molecule has 0 bridgehead atoms. The van der Waals surface area contributed by atoms with Crippen LogP contribution in [0.5, 0.6) is 5.75 Å². The highest BCUT2D eigenvalue weighted by atomic mass is 35.5. The molecule has 0 atom stereocenters. The van der Waals surface area contributed by atoms with Gasteiger partial charge in [-0.2, -0.15) is 0 Å². The second-order valence-corrected chi connectivity index (χ2v) is 5.71. The van der Waals surface area contributed by atoms with Crippen molar-refractivity contribution >= 4 is 18.3 Å². The number of halogens is 2. The molecule has 1 aliphatic carbocycles. The molecule has 1 aromatic rings. The van der Waals surface area contributed by atoms with Crippen molar-refractivity contribution in [3.8, 4) is 5.75 Å². The lowest BCUT2D eigenvalue weighted by Gasteiger charge is -2.28. The first-order valence-electron chi connectivity index (χ1n) is 7.42. The number of carbonyl (C=O) groups is 1. The lowest BCUT2D eigenvalue weighted by atomic mass is 9.97. The van der Waals surface area contributed by atoms with Gasteiger partial charge in [0.1, 0.15) is 0 Å². The van der Waals surface area contributed by atoms with Crippen molar-refractivity contribution in [3.05, 3.63) is 29.6 Å². The number of hydrogen-bond acceptors (Lipinski definition) is 3. The quantitative estimate of drug-likeness (QED) is 0.842. The van der Waals surface area contributed by atoms with Crippen LogP contribution in [0.2, 0.25) is 0 Å². The first-order chi connectivity index (χ1) is 10.1. The summed E-state index contributed by atoms with van der Waals surface area (Å²) in [6, 6.07) is 4.78. The van der Waals surface area contributed by atoms with E-state index in [-0.39, 0.29) is 29.6 Å². The van der Waals surface area contributed by atoms with Gasteiger partial charge in [-0.1, -0.05) is 18.9 Å². The van der Waals surface area contributed by atoms with Gasteiger partial charge in [-0.05, 0) is 37.0 Å². The first kappa shape index (κ1) is 18.7. The minimum absolute atomic E-state index is 0. The third kappa shape index (κ3) is 4.58. The maximum atomic E-state index is 13.6. The van der Waals surface area contributed by atoms with Gasteiger partial charge in [-0.25, -0.2) is 4.39 Å². The van der Waals surface area contributed by atoms with Crippen molar-refractivity contribution in [3.63, 3.8) is 0 Å². The van der Waals surface area contributed by atoms with E-state index in [2.05, 4.69) is 5.32 Å². The zero-order valence-corrected chi connectivity index (χ0v) is 13.7. The van der Waals surface area contributed by atoms with Gasteiger partial charge in [0.15, 0.2) is 11.6 Å². The Kier molecular flexibility index (Phi) is 7.10. The second-order valence-electron chi connectivity index (χ2n) is 5.71. The van der Waals surface area contributed by atoms with Crippen LogP contribution in [0.25, 0.3) is 0 Å². The number of nitrogens with two attached hydrogens (primary N) is 1. The summed E-state index contributed by atoms with van der Waals surface area (Å²) < 4.78 is 18.4. The van der Waals surface area contributed by atoms with Gasteiger partial charge in [0.05, 0.1) is 12.6 Å². The van der Waals surface area contributed by atoms with Crippen LogP contribution in [-0.2, 0) is 11.2 Å². The highest BCUT2D eigenvalue weighted by Gasteiger charge is 2.33. The molecule has 124 valence electrons. The number of rotatable bonds is 6. The Morgan fingerprint density at radius 2 is 2.09 bits per heavy atom. The van der Waals surface area contributed by atoms with Crippen molar-refractivity contribution in [2.75, 3.05) is 13.7 Å². The molecule has 4 nitrogen and oxygen atoms in total. The summed E-state index contributed by atoms with van der Waals surface area (Å²) >= 11 is 0. The van der Waals surface area contributed by atoms with Crippen LogP contribution in [0.15, 0.2) is 18.2 Å². The van der Waals surface area contributed by atoms with Gasteiger partial charge in [-0.15, -0.1) is 12.4 Å². The fraction of sp³-hybridized carbons (Fsp3) is 0.562. The van der Waals surface area contributed by atoms with Gasteiger partial charge in [0, 0.05) is 13.0 Å². The molecule has 22 heavy (non-hydrogen) atoms. The molecule has 0 radical (unpaired) electrons. The minimum Gasteiger partial charge on any atom is -0.494 e. The lowest BCUT2D eigenvalue weighted by molar-refractivity contribution is -0.122. The average Bonchev–Trinajstić information content (AvgIpc) is 2.94. The number of benzene rings is 1. The Morgan fingerprint density at radius 3 is 2.64 bits per heavy atom. The predicted molar refractivity (Wildman–Crippen MR) is 86.9 cm³/mol. The molecule has 1 saturated carbocycles. The minimum atomic E-state index is -0.398. The molecule has 6 heteroatoms. The highest BCUT2D eigenvalue weighted by Crippen LogP contribution is 2.28. The Morgan fingerprint density at radius 1 is 1.41 bits per heavy atom. The summed E-state index contributed by atoms with van der Waals surface area (Å²) in [5.41, 5.74) is 6.37. The molecule has 2 rings (SSSR count). The summed E-state index contributed by atoms with van der Waals surface area (Å²) in [5, 5.41) is 3.07. The van der Waals surface area contributed by atoms with Crippen molar-refractivity contribution in [2.24, 2.45) is 5.73 Å². The maximum Gasteiger partial charge on any atom is 0.220 e. The number of ether oxygens (including phenoxy) is 1. The highest BCUT2D eigenvalue weighted by molar-refractivity contribution is 5.85. The zero-order valence-electron chi connectivity index (χ0n) is 12.9. The number of carbonyl (C=O) groups excluding carboxylic acids is 1. The van der Waals surface area contributed by atoms with Crippen LogP contribution >= 0.6 is 12.4 Å². The molecule has 3 N–H and O–H groups in total. The monoisotopic (exact) mass is 330 g/mol. The Hall–Kier alpha value is -1.33. The summed E-state index contributed by atoms with van der Waals surface area (Å²) in [7, 11) is 1.43. The number of nitrogens with one attached hydrogen (secondary N) is 1. The molecule has 0 aromatic heterocycles. The van der Waals surface area contributed by atoms with E-state index in [1.807, 2.05) is 0 Å². The first-order valence-corrected chi connectivity index (χ1v) is 7.42. The average molecular weight is 331 g/mol. The van der Waals surface area contributed by atoms with Crippen LogP contribution in [-0.4, -0.2) is 25.1 Å². The maximum absolute atomic E-state index is 13.6. The van der Waals surface area contributed by atoms with Gasteiger partial charge < -0.3 is 15.8 Å². The summed E-state index contributed by atoms with van der Waals surface area (Å²) in [5.74, 6) is -0.195. The third-order valence-electron chi connectivity index (χ3n) is 4.21. The van der Waals surface area contributed by atoms with Gasteiger partial charge in [0.25, 0.3) is 0 Å². The van der Waals surface area contributed by atoms with Crippen molar-refractivity contribution in [2.45, 2.75) is 44.1 Å². The molecule has 1 amide bonds. The van der Waals surface area contributed by atoms with Crippen LogP contribution in [0.4, 0.5) is 4.39 Å². The van der Waals surface area contributed by atoms with Crippen molar-refractivity contribution < 1.29 is 13.9 Å². The number of hydrogen-bond donors (Lipinski definition) is 2. The van der Waals surface area contributed by atoms with E-state index in [1.165, 1.54) is 13.2 Å². The SMILES string of the molecule is COc1ccc(CCC(=O)NC2(CN)CCCC2)cc1F.Cl. The lowest BCUT2D eigenvalue weighted by Crippen LogP contribution is -2.51. The van der Waals surface area contributed by atoms with E-state index in [1.54, 1.807) is 12.1 Å². The molecular weight excluding hydrogens is 307 g/mol. The van der Waals surface area contributed by atoms with Gasteiger partial charge in [0.2, 0.25) is 5.91 Å². The number of methoxy groups -OCH3 is 1. The van der Waals surface area contributed by atoms with Crippen LogP contribution in [0.1, 0.15) is 37.7 Å². The molecule has 1 aliphatic rings. The van der Waals surface area contributed by atoms with Crippen LogP contribution in [0.3, 0.4) is 0 Å². The van der Waals surface area contributed by atoms with Gasteiger partial charge in [-0.3, -0.25) is 4.79 Å². The van der Waals surface area contributed by atoms with E-state index >= 15 is 0 Å². The van der Waals surface area contributed by atoms with Crippen LogP contribution < -0.4 is 15.8 Å². The number of amides is 1. The number of aryl methyl sites for hydroxylation is 1. The fourth-order valence-corrected chi connectivity index (χ4v) is 2.91. The Balaban J connectivity index is 0.00000242. The Bertz CT molecular complexity index is 505. The summed E-state index contributed by atoms with van der Waals surface area (Å²) in [4.78, 5) is 12.1. The second kappa shape index (κ2) is 8.34. The molecule has 0 aliphatic heterocycles. The fourth-order valence-electron chi connectivity index (χ4n) is 2.91. The molecule has 0 saturated heterocycles. The third-order valence-corrected chi connectivity index (χ3v) is 4.21. The molecule has 1 aromatic carbocycles.